The molecule has 2 N–H and O–H groups in total. The van der Waals surface area contributed by atoms with Crippen LogP contribution in [0.5, 0.6) is 0 Å². The van der Waals surface area contributed by atoms with Crippen LogP contribution in [-0.2, 0) is 12.7 Å². The number of aromatic nitrogens is 1. The van der Waals surface area contributed by atoms with Crippen LogP contribution in [0, 0.1) is 5.95 Å². The van der Waals surface area contributed by atoms with Crippen molar-refractivity contribution in [3.63, 3.8) is 0 Å². The quantitative estimate of drug-likeness (QED) is 0.545. The summed E-state index contributed by atoms with van der Waals surface area (Å²) in [5.74, 6) is -1.17. The first kappa shape index (κ1) is 9.91. The highest BCUT2D eigenvalue weighted by atomic mass is 19.4. The molecule has 2 nitrogen and oxygen atoms in total. The van der Waals surface area contributed by atoms with Gasteiger partial charge in [-0.1, -0.05) is 0 Å². The van der Waals surface area contributed by atoms with Gasteiger partial charge in [-0.3, -0.25) is 0 Å². The predicted molar refractivity (Wildman–Crippen MR) is 37.1 cm³/mol. The van der Waals surface area contributed by atoms with Crippen LogP contribution < -0.4 is 5.73 Å². The highest BCUT2D eigenvalue weighted by Crippen LogP contribution is 2.28. The topological polar surface area (TPSA) is 38.9 Å². The first-order valence-corrected chi connectivity index (χ1v) is 3.37. The third-order valence-corrected chi connectivity index (χ3v) is 1.38. The lowest BCUT2D eigenvalue weighted by Gasteiger charge is -2.06. The molecule has 0 radical (unpaired) electrons. The normalized spacial score (nSPS) is 11.8. The molecule has 1 aromatic rings. The summed E-state index contributed by atoms with van der Waals surface area (Å²) in [7, 11) is 0. The number of nitrogens with two attached hydrogens (primary N) is 1. The standard InChI is InChI=1S/C7H6F4N2/c8-6-2-4(3-12)1-5(13-6)7(9,10)11/h1-2H,3,12H2. The van der Waals surface area contributed by atoms with Gasteiger partial charge in [-0.15, -0.1) is 0 Å². The zero-order valence-electron chi connectivity index (χ0n) is 6.40. The Balaban J connectivity index is 3.16. The fourth-order valence-electron chi connectivity index (χ4n) is 0.813. The van der Waals surface area contributed by atoms with Gasteiger partial charge in [0.25, 0.3) is 0 Å². The first-order valence-electron chi connectivity index (χ1n) is 3.37. The van der Waals surface area contributed by atoms with E-state index in [0.29, 0.717) is 0 Å². The lowest BCUT2D eigenvalue weighted by Crippen LogP contribution is -2.11. The van der Waals surface area contributed by atoms with Crippen LogP contribution in [0.15, 0.2) is 12.1 Å². The van der Waals surface area contributed by atoms with Crippen LogP contribution in [0.4, 0.5) is 17.6 Å². The molecule has 0 aliphatic carbocycles. The maximum atomic E-state index is 12.5. The van der Waals surface area contributed by atoms with E-state index in [1.165, 1.54) is 0 Å². The molecule has 0 atom stereocenters. The average Bonchev–Trinajstić information content (AvgIpc) is 2.01. The number of hydrogen-bond donors (Lipinski definition) is 1. The lowest BCUT2D eigenvalue weighted by atomic mass is 10.2. The van der Waals surface area contributed by atoms with Gasteiger partial charge in [0.05, 0.1) is 0 Å². The van der Waals surface area contributed by atoms with E-state index >= 15 is 0 Å². The molecule has 0 saturated heterocycles. The fourth-order valence-corrected chi connectivity index (χ4v) is 0.813. The summed E-state index contributed by atoms with van der Waals surface area (Å²) in [4.78, 5) is 2.71. The minimum atomic E-state index is -4.63. The maximum absolute atomic E-state index is 12.5. The Morgan fingerprint density at radius 3 is 2.38 bits per heavy atom. The van der Waals surface area contributed by atoms with Crippen molar-refractivity contribution in [1.29, 1.82) is 0 Å². The second-order valence-corrected chi connectivity index (χ2v) is 2.39. The van der Waals surface area contributed by atoms with E-state index in [1.54, 1.807) is 0 Å². The van der Waals surface area contributed by atoms with E-state index < -0.39 is 17.8 Å². The van der Waals surface area contributed by atoms with Crippen LogP contribution in [0.1, 0.15) is 11.3 Å². The molecule has 0 spiro atoms. The Hall–Kier alpha value is -1.17. The summed E-state index contributed by atoms with van der Waals surface area (Å²) in [5, 5.41) is 0. The van der Waals surface area contributed by atoms with Crippen LogP contribution in [-0.4, -0.2) is 4.98 Å². The molecular weight excluding hydrogens is 188 g/mol. The van der Waals surface area contributed by atoms with Gasteiger partial charge in [0.2, 0.25) is 5.95 Å². The Kier molecular flexibility index (Phi) is 2.51. The Bertz CT molecular complexity index is 308. The Morgan fingerprint density at radius 1 is 1.31 bits per heavy atom. The molecule has 13 heavy (non-hydrogen) atoms. The van der Waals surface area contributed by atoms with Gasteiger partial charge in [0.1, 0.15) is 5.69 Å². The van der Waals surface area contributed by atoms with E-state index in [0.717, 1.165) is 12.1 Å². The monoisotopic (exact) mass is 194 g/mol. The third kappa shape index (κ3) is 2.38. The van der Waals surface area contributed by atoms with Crippen LogP contribution >= 0.6 is 0 Å². The number of halogens is 4. The van der Waals surface area contributed by atoms with Crippen LogP contribution in [0.2, 0.25) is 0 Å². The second kappa shape index (κ2) is 3.29. The molecule has 0 bridgehead atoms. The second-order valence-electron chi connectivity index (χ2n) is 2.39. The molecule has 0 aromatic carbocycles. The molecule has 0 fully saturated rings. The average molecular weight is 194 g/mol. The van der Waals surface area contributed by atoms with Crippen LogP contribution in [0.3, 0.4) is 0 Å². The summed E-state index contributed by atoms with van der Waals surface area (Å²) in [6.45, 7) is -0.150. The molecule has 1 aromatic heterocycles. The van der Waals surface area contributed by atoms with Crippen molar-refractivity contribution < 1.29 is 17.6 Å². The molecule has 0 aliphatic heterocycles. The largest absolute Gasteiger partial charge is 0.433 e. The zero-order valence-corrected chi connectivity index (χ0v) is 6.40. The maximum Gasteiger partial charge on any atom is 0.433 e. The van der Waals surface area contributed by atoms with Crippen molar-refractivity contribution in [3.05, 3.63) is 29.3 Å². The van der Waals surface area contributed by atoms with Gasteiger partial charge in [0, 0.05) is 6.54 Å². The highest BCUT2D eigenvalue weighted by molar-refractivity contribution is 5.18. The molecule has 1 rings (SSSR count). The van der Waals surface area contributed by atoms with Crippen LogP contribution in [0.25, 0.3) is 0 Å². The molecule has 0 amide bonds. The van der Waals surface area contributed by atoms with E-state index in [4.69, 9.17) is 5.73 Å². The molecule has 6 heteroatoms. The van der Waals surface area contributed by atoms with Gasteiger partial charge in [-0.2, -0.15) is 17.6 Å². The van der Waals surface area contributed by atoms with Crippen molar-refractivity contribution >= 4 is 0 Å². The molecule has 0 saturated carbocycles. The minimum absolute atomic E-state index is 0.0693. The van der Waals surface area contributed by atoms with E-state index in [-0.39, 0.29) is 12.1 Å². The van der Waals surface area contributed by atoms with E-state index in [2.05, 4.69) is 4.98 Å². The fraction of sp³-hybridized carbons (Fsp3) is 0.286. The smallest absolute Gasteiger partial charge is 0.326 e. The van der Waals surface area contributed by atoms with Gasteiger partial charge in [0.15, 0.2) is 0 Å². The Labute approximate surface area is 71.4 Å². The summed E-state index contributed by atoms with van der Waals surface area (Å²) in [6, 6.07) is 1.60. The zero-order chi connectivity index (χ0) is 10.1. The number of pyridine rings is 1. The molecule has 1 heterocycles. The van der Waals surface area contributed by atoms with Crippen molar-refractivity contribution in [2.45, 2.75) is 12.7 Å². The van der Waals surface area contributed by atoms with E-state index in [9.17, 15) is 17.6 Å². The summed E-state index contributed by atoms with van der Waals surface area (Å²) in [5.41, 5.74) is 3.88. The summed E-state index contributed by atoms with van der Waals surface area (Å²) in [6.07, 6.45) is -4.63. The van der Waals surface area contributed by atoms with Gasteiger partial charge in [-0.05, 0) is 17.7 Å². The van der Waals surface area contributed by atoms with Gasteiger partial charge in [-0.25, -0.2) is 4.98 Å². The van der Waals surface area contributed by atoms with Crippen molar-refractivity contribution in [2.75, 3.05) is 0 Å². The highest BCUT2D eigenvalue weighted by Gasteiger charge is 2.33. The molecule has 0 aliphatic rings. The van der Waals surface area contributed by atoms with Gasteiger partial charge < -0.3 is 5.73 Å². The predicted octanol–water partition coefficient (Wildman–Crippen LogP) is 1.70. The molecule has 72 valence electrons. The van der Waals surface area contributed by atoms with Gasteiger partial charge >= 0.3 is 6.18 Å². The SMILES string of the molecule is NCc1cc(F)nc(C(F)(F)F)c1. The summed E-state index contributed by atoms with van der Waals surface area (Å²) >= 11 is 0. The number of nitrogens with zero attached hydrogens (tertiary/aromatic N) is 1. The third-order valence-electron chi connectivity index (χ3n) is 1.38. The van der Waals surface area contributed by atoms with Crippen molar-refractivity contribution in [2.24, 2.45) is 5.73 Å². The Morgan fingerprint density at radius 2 is 1.92 bits per heavy atom. The number of rotatable bonds is 1. The first-order chi connectivity index (χ1) is 5.93. The number of hydrogen-bond acceptors (Lipinski definition) is 2. The molecular formula is C7H6F4N2. The number of alkyl halides is 3. The summed E-state index contributed by atoms with van der Waals surface area (Å²) < 4.78 is 48.5. The van der Waals surface area contributed by atoms with Crippen molar-refractivity contribution in [1.82, 2.24) is 4.98 Å². The van der Waals surface area contributed by atoms with E-state index in [1.807, 2.05) is 0 Å². The minimum Gasteiger partial charge on any atom is -0.326 e. The lowest BCUT2D eigenvalue weighted by molar-refractivity contribution is -0.141. The van der Waals surface area contributed by atoms with Crippen molar-refractivity contribution in [3.8, 4) is 0 Å². The molecule has 0 unspecified atom stereocenters.